The van der Waals surface area contributed by atoms with Crippen LogP contribution in [0.2, 0.25) is 0 Å². The molecule has 0 saturated carbocycles. The van der Waals surface area contributed by atoms with Crippen LogP contribution in [0, 0.1) is 5.92 Å². The van der Waals surface area contributed by atoms with Crippen LogP contribution in [0.15, 0.2) is 10.8 Å². The molecule has 13 heavy (non-hydrogen) atoms. The highest BCUT2D eigenvalue weighted by Crippen LogP contribution is 2.13. The number of aromatic nitrogens is 1. The Morgan fingerprint density at radius 1 is 1.69 bits per heavy atom. The van der Waals surface area contributed by atoms with Crippen LogP contribution in [-0.2, 0) is 11.2 Å². The average Bonchev–Trinajstić information content (AvgIpc) is 2.50. The van der Waals surface area contributed by atoms with Crippen LogP contribution in [0.5, 0.6) is 0 Å². The van der Waals surface area contributed by atoms with Crippen molar-refractivity contribution in [1.82, 2.24) is 4.98 Å². The molecule has 1 heterocycles. The number of hydrogen-bond acceptors (Lipinski definition) is 4. The number of rotatable bonds is 3. The number of esters is 1. The van der Waals surface area contributed by atoms with Gasteiger partial charge >= 0.3 is 5.97 Å². The largest absolute Gasteiger partial charge is 0.464 e. The van der Waals surface area contributed by atoms with Crippen molar-refractivity contribution in [2.24, 2.45) is 5.92 Å². The van der Waals surface area contributed by atoms with Crippen LogP contribution in [0.1, 0.15) is 30.1 Å². The lowest BCUT2D eigenvalue weighted by Gasteiger charge is -2.01. The van der Waals surface area contributed by atoms with Gasteiger partial charge in [0.15, 0.2) is 12.1 Å². The van der Waals surface area contributed by atoms with Gasteiger partial charge in [0.05, 0.1) is 7.11 Å². The van der Waals surface area contributed by atoms with Gasteiger partial charge in [0.1, 0.15) is 5.76 Å². The second-order valence-electron chi connectivity index (χ2n) is 3.21. The molecule has 0 aliphatic rings. The predicted molar refractivity (Wildman–Crippen MR) is 46.4 cm³/mol. The smallest absolute Gasteiger partial charge is 0.360 e. The Kier molecular flexibility index (Phi) is 3.06. The Hall–Kier alpha value is -1.32. The monoisotopic (exact) mass is 183 g/mol. The number of oxazole rings is 1. The zero-order valence-electron chi connectivity index (χ0n) is 8.03. The summed E-state index contributed by atoms with van der Waals surface area (Å²) in [5.74, 6) is 0.586. The lowest BCUT2D eigenvalue weighted by molar-refractivity contribution is 0.0592. The van der Waals surface area contributed by atoms with Crippen LogP contribution in [0.25, 0.3) is 0 Å². The summed E-state index contributed by atoms with van der Waals surface area (Å²) in [5.41, 5.74) is 0.288. The van der Waals surface area contributed by atoms with Gasteiger partial charge in [0.2, 0.25) is 0 Å². The van der Waals surface area contributed by atoms with Crippen LogP contribution in [0.4, 0.5) is 0 Å². The van der Waals surface area contributed by atoms with Gasteiger partial charge in [-0.1, -0.05) is 13.8 Å². The van der Waals surface area contributed by atoms with Crippen molar-refractivity contribution in [2.45, 2.75) is 20.3 Å². The summed E-state index contributed by atoms with van der Waals surface area (Å²) in [6.07, 6.45) is 1.97. The van der Waals surface area contributed by atoms with Crippen LogP contribution in [0.3, 0.4) is 0 Å². The summed E-state index contributed by atoms with van der Waals surface area (Å²) >= 11 is 0. The van der Waals surface area contributed by atoms with Crippen molar-refractivity contribution < 1.29 is 13.9 Å². The molecule has 0 radical (unpaired) electrons. The molecule has 0 bridgehead atoms. The van der Waals surface area contributed by atoms with E-state index in [9.17, 15) is 4.79 Å². The van der Waals surface area contributed by atoms with Gasteiger partial charge in [-0.05, 0) is 5.92 Å². The third-order valence-corrected chi connectivity index (χ3v) is 1.61. The lowest BCUT2D eigenvalue weighted by atomic mass is 10.1. The van der Waals surface area contributed by atoms with Gasteiger partial charge in [-0.25, -0.2) is 9.78 Å². The number of nitrogens with zero attached hydrogens (tertiary/aromatic N) is 1. The average molecular weight is 183 g/mol. The highest BCUT2D eigenvalue weighted by molar-refractivity contribution is 5.88. The predicted octanol–water partition coefficient (Wildman–Crippen LogP) is 1.66. The van der Waals surface area contributed by atoms with Crippen molar-refractivity contribution in [3.63, 3.8) is 0 Å². The second kappa shape index (κ2) is 4.07. The molecule has 0 amide bonds. The molecule has 0 aromatic carbocycles. The van der Waals surface area contributed by atoms with Gasteiger partial charge in [-0.2, -0.15) is 0 Å². The van der Waals surface area contributed by atoms with Crippen molar-refractivity contribution in [3.05, 3.63) is 17.8 Å². The number of carbonyl (C=O) groups is 1. The maximum Gasteiger partial charge on any atom is 0.360 e. The molecular formula is C9H13NO3. The van der Waals surface area contributed by atoms with E-state index in [-0.39, 0.29) is 5.69 Å². The fraction of sp³-hybridized carbons (Fsp3) is 0.556. The van der Waals surface area contributed by atoms with Crippen molar-refractivity contribution in [1.29, 1.82) is 0 Å². The van der Waals surface area contributed by atoms with Crippen molar-refractivity contribution >= 4 is 5.97 Å². The van der Waals surface area contributed by atoms with Gasteiger partial charge in [-0.3, -0.25) is 0 Å². The van der Waals surface area contributed by atoms with E-state index in [1.54, 1.807) is 0 Å². The first-order valence-corrected chi connectivity index (χ1v) is 4.15. The Morgan fingerprint density at radius 2 is 2.38 bits per heavy atom. The van der Waals surface area contributed by atoms with Crippen molar-refractivity contribution in [3.8, 4) is 0 Å². The quantitative estimate of drug-likeness (QED) is 0.669. The molecule has 0 aliphatic carbocycles. The Morgan fingerprint density at radius 3 is 2.92 bits per heavy atom. The second-order valence-corrected chi connectivity index (χ2v) is 3.21. The summed E-state index contributed by atoms with van der Waals surface area (Å²) < 4.78 is 9.64. The normalized spacial score (nSPS) is 10.5. The fourth-order valence-electron chi connectivity index (χ4n) is 1.05. The molecule has 1 aromatic heterocycles. The summed E-state index contributed by atoms with van der Waals surface area (Å²) in [6, 6.07) is 0. The minimum Gasteiger partial charge on any atom is -0.464 e. The Balaban J connectivity index is 2.83. The number of methoxy groups -OCH3 is 1. The molecule has 4 nitrogen and oxygen atoms in total. The number of carbonyl (C=O) groups excluding carboxylic acids is 1. The van der Waals surface area contributed by atoms with E-state index in [2.05, 4.69) is 9.72 Å². The van der Waals surface area contributed by atoms with E-state index in [1.165, 1.54) is 13.5 Å². The zero-order valence-corrected chi connectivity index (χ0v) is 8.03. The van der Waals surface area contributed by atoms with Gasteiger partial charge in [-0.15, -0.1) is 0 Å². The van der Waals surface area contributed by atoms with Gasteiger partial charge in [0.25, 0.3) is 0 Å². The first-order valence-electron chi connectivity index (χ1n) is 4.15. The van der Waals surface area contributed by atoms with E-state index in [0.29, 0.717) is 18.1 Å². The van der Waals surface area contributed by atoms with Gasteiger partial charge in [0, 0.05) is 6.42 Å². The molecule has 0 saturated heterocycles. The summed E-state index contributed by atoms with van der Waals surface area (Å²) in [6.45, 7) is 4.09. The van der Waals surface area contributed by atoms with E-state index in [0.717, 1.165) is 0 Å². The maximum atomic E-state index is 11.1. The summed E-state index contributed by atoms with van der Waals surface area (Å²) in [5, 5.41) is 0. The molecular weight excluding hydrogens is 170 g/mol. The third kappa shape index (κ3) is 2.31. The maximum absolute atomic E-state index is 11.1. The fourth-order valence-corrected chi connectivity index (χ4v) is 1.05. The van der Waals surface area contributed by atoms with Crippen molar-refractivity contribution in [2.75, 3.05) is 7.11 Å². The third-order valence-electron chi connectivity index (χ3n) is 1.61. The number of ether oxygens (including phenoxy) is 1. The van der Waals surface area contributed by atoms with E-state index >= 15 is 0 Å². The summed E-state index contributed by atoms with van der Waals surface area (Å²) in [4.78, 5) is 14.9. The molecule has 0 spiro atoms. The molecule has 72 valence electrons. The lowest BCUT2D eigenvalue weighted by Crippen LogP contribution is -2.06. The standard InChI is InChI=1S/C9H13NO3/c1-6(2)4-7-8(9(11)12-3)10-5-13-7/h5-6H,4H2,1-3H3. The first kappa shape index (κ1) is 9.77. The molecule has 0 aliphatic heterocycles. The number of hydrogen-bond donors (Lipinski definition) is 0. The molecule has 0 unspecified atom stereocenters. The van der Waals surface area contributed by atoms with E-state index < -0.39 is 5.97 Å². The van der Waals surface area contributed by atoms with E-state index in [1.807, 2.05) is 13.8 Å². The van der Waals surface area contributed by atoms with Crippen LogP contribution < -0.4 is 0 Å². The zero-order chi connectivity index (χ0) is 9.84. The minimum atomic E-state index is -0.440. The topological polar surface area (TPSA) is 52.3 Å². The molecule has 1 aromatic rings. The molecule has 0 atom stereocenters. The van der Waals surface area contributed by atoms with Gasteiger partial charge < -0.3 is 9.15 Å². The Bertz CT molecular complexity index is 291. The van der Waals surface area contributed by atoms with Crippen LogP contribution in [-0.4, -0.2) is 18.1 Å². The molecule has 0 fully saturated rings. The van der Waals surface area contributed by atoms with Crippen LogP contribution >= 0.6 is 0 Å². The summed E-state index contributed by atoms with van der Waals surface area (Å²) in [7, 11) is 1.33. The SMILES string of the molecule is COC(=O)c1ncoc1CC(C)C. The first-order chi connectivity index (χ1) is 6.15. The molecule has 0 N–H and O–H groups in total. The minimum absolute atomic E-state index is 0.288. The highest BCUT2D eigenvalue weighted by Gasteiger charge is 2.17. The highest BCUT2D eigenvalue weighted by atomic mass is 16.5. The Labute approximate surface area is 76.9 Å². The van der Waals surface area contributed by atoms with E-state index in [4.69, 9.17) is 4.42 Å². The molecule has 1 rings (SSSR count). The molecule has 4 heteroatoms.